The van der Waals surface area contributed by atoms with E-state index in [2.05, 4.69) is 51.4 Å². The van der Waals surface area contributed by atoms with Crippen molar-refractivity contribution < 1.29 is 9.47 Å². The van der Waals surface area contributed by atoms with Crippen LogP contribution >= 0.6 is 0 Å². The molecular formula is C24H38N6O2. The van der Waals surface area contributed by atoms with E-state index in [1.54, 1.807) is 20.5 Å². The number of nitrogens with one attached hydrogen (secondary N) is 2. The molecule has 0 atom stereocenters. The standard InChI is InChI=1S/C24H38N6O2/c1-5-22-29-28-18-30(22)15-14-26-23(25-6-2)27-17-24(12-8-7-9-13-24)19-10-11-20(31-3)21(16-19)32-4/h10-11,16,18H,5-9,12-15,17H2,1-4H3,(H2,25,26,27). The Hall–Kier alpha value is -2.77. The van der Waals surface area contributed by atoms with Crippen LogP contribution < -0.4 is 20.1 Å². The average molecular weight is 443 g/mol. The molecule has 2 aromatic rings. The van der Waals surface area contributed by atoms with Crippen LogP contribution in [0.15, 0.2) is 29.5 Å². The van der Waals surface area contributed by atoms with Crippen molar-refractivity contribution in [3.05, 3.63) is 35.9 Å². The first-order valence-corrected chi connectivity index (χ1v) is 11.8. The molecule has 1 heterocycles. The van der Waals surface area contributed by atoms with Gasteiger partial charge >= 0.3 is 0 Å². The highest BCUT2D eigenvalue weighted by atomic mass is 16.5. The zero-order valence-corrected chi connectivity index (χ0v) is 20.0. The fourth-order valence-corrected chi connectivity index (χ4v) is 4.54. The molecule has 0 amide bonds. The molecule has 3 rings (SSSR count). The van der Waals surface area contributed by atoms with E-state index < -0.39 is 0 Å². The van der Waals surface area contributed by atoms with E-state index in [0.717, 1.165) is 68.7 Å². The van der Waals surface area contributed by atoms with Gasteiger partial charge < -0.3 is 24.7 Å². The van der Waals surface area contributed by atoms with Crippen LogP contribution in [0, 0.1) is 0 Å². The van der Waals surface area contributed by atoms with E-state index in [4.69, 9.17) is 14.5 Å². The molecule has 2 N–H and O–H groups in total. The van der Waals surface area contributed by atoms with Gasteiger partial charge in [-0.25, -0.2) is 0 Å². The van der Waals surface area contributed by atoms with Crippen molar-refractivity contribution in [2.24, 2.45) is 4.99 Å². The van der Waals surface area contributed by atoms with Crippen molar-refractivity contribution in [1.29, 1.82) is 0 Å². The normalized spacial score (nSPS) is 15.9. The lowest BCUT2D eigenvalue weighted by Crippen LogP contribution is -2.41. The second-order valence-electron chi connectivity index (χ2n) is 8.33. The smallest absolute Gasteiger partial charge is 0.191 e. The van der Waals surface area contributed by atoms with Gasteiger partial charge in [0.15, 0.2) is 17.5 Å². The lowest BCUT2D eigenvalue weighted by atomic mass is 9.69. The molecule has 0 saturated heterocycles. The van der Waals surface area contributed by atoms with Crippen LogP contribution in [0.5, 0.6) is 11.5 Å². The molecule has 0 spiro atoms. The number of aliphatic imine (C=N–C) groups is 1. The summed E-state index contributed by atoms with van der Waals surface area (Å²) in [5.74, 6) is 3.40. The summed E-state index contributed by atoms with van der Waals surface area (Å²) in [7, 11) is 3.37. The lowest BCUT2D eigenvalue weighted by Gasteiger charge is -2.37. The molecule has 1 aliphatic carbocycles. The Kier molecular flexibility index (Phi) is 8.76. The summed E-state index contributed by atoms with van der Waals surface area (Å²) < 4.78 is 13.1. The quantitative estimate of drug-likeness (QED) is 0.434. The van der Waals surface area contributed by atoms with Gasteiger partial charge in [-0.05, 0) is 37.5 Å². The molecule has 8 nitrogen and oxygen atoms in total. The maximum atomic E-state index is 5.59. The Labute approximate surface area is 191 Å². The summed E-state index contributed by atoms with van der Waals surface area (Å²) >= 11 is 0. The number of guanidine groups is 1. The molecule has 1 fully saturated rings. The topological polar surface area (TPSA) is 85.6 Å². The van der Waals surface area contributed by atoms with Crippen molar-refractivity contribution in [3.63, 3.8) is 0 Å². The number of rotatable bonds is 10. The zero-order chi connectivity index (χ0) is 22.8. The third-order valence-corrected chi connectivity index (χ3v) is 6.35. The van der Waals surface area contributed by atoms with Crippen molar-refractivity contribution in [1.82, 2.24) is 25.4 Å². The van der Waals surface area contributed by atoms with E-state index in [1.165, 1.54) is 24.8 Å². The van der Waals surface area contributed by atoms with Gasteiger partial charge in [0.2, 0.25) is 0 Å². The number of benzene rings is 1. The highest BCUT2D eigenvalue weighted by molar-refractivity contribution is 5.79. The van der Waals surface area contributed by atoms with Crippen LogP contribution in [0.2, 0.25) is 0 Å². The largest absolute Gasteiger partial charge is 0.493 e. The van der Waals surface area contributed by atoms with Gasteiger partial charge in [0, 0.05) is 31.5 Å². The summed E-state index contributed by atoms with van der Waals surface area (Å²) in [6.07, 6.45) is 8.66. The van der Waals surface area contributed by atoms with Crippen molar-refractivity contribution in [2.75, 3.05) is 33.9 Å². The second kappa shape index (κ2) is 11.7. The molecule has 1 aromatic carbocycles. The fourth-order valence-electron chi connectivity index (χ4n) is 4.54. The molecule has 0 bridgehead atoms. The lowest BCUT2D eigenvalue weighted by molar-refractivity contribution is 0.298. The first-order valence-electron chi connectivity index (χ1n) is 11.8. The maximum Gasteiger partial charge on any atom is 0.191 e. The highest BCUT2D eigenvalue weighted by Gasteiger charge is 2.34. The number of hydrogen-bond donors (Lipinski definition) is 2. The summed E-state index contributed by atoms with van der Waals surface area (Å²) in [6, 6.07) is 6.33. The third kappa shape index (κ3) is 5.72. The number of hydrogen-bond acceptors (Lipinski definition) is 5. The maximum absolute atomic E-state index is 5.59. The van der Waals surface area contributed by atoms with Crippen LogP contribution in [0.3, 0.4) is 0 Å². The summed E-state index contributed by atoms with van der Waals surface area (Å²) in [5, 5.41) is 15.0. The number of aromatic nitrogens is 3. The Balaban J connectivity index is 1.75. The number of methoxy groups -OCH3 is 2. The molecule has 1 aromatic heterocycles. The van der Waals surface area contributed by atoms with Crippen molar-refractivity contribution in [3.8, 4) is 11.5 Å². The minimum atomic E-state index is 0.0177. The Morgan fingerprint density at radius 3 is 2.56 bits per heavy atom. The van der Waals surface area contributed by atoms with Gasteiger partial charge in [-0.15, -0.1) is 10.2 Å². The van der Waals surface area contributed by atoms with E-state index in [1.807, 2.05) is 6.07 Å². The van der Waals surface area contributed by atoms with Crippen LogP contribution in [0.4, 0.5) is 0 Å². The van der Waals surface area contributed by atoms with E-state index in [-0.39, 0.29) is 5.41 Å². The Bertz CT molecular complexity index is 873. The molecule has 176 valence electrons. The van der Waals surface area contributed by atoms with E-state index >= 15 is 0 Å². The zero-order valence-electron chi connectivity index (χ0n) is 20.0. The predicted molar refractivity (Wildman–Crippen MR) is 128 cm³/mol. The Morgan fingerprint density at radius 2 is 1.88 bits per heavy atom. The SMILES string of the molecule is CCNC(=NCC1(c2ccc(OC)c(OC)c2)CCCCC1)NCCn1cnnc1CC. The van der Waals surface area contributed by atoms with Gasteiger partial charge in [-0.1, -0.05) is 32.3 Å². The Morgan fingerprint density at radius 1 is 1.09 bits per heavy atom. The number of aryl methyl sites for hydroxylation is 1. The summed E-state index contributed by atoms with van der Waals surface area (Å²) in [5.41, 5.74) is 1.30. The van der Waals surface area contributed by atoms with Gasteiger partial charge in [0.1, 0.15) is 12.2 Å². The van der Waals surface area contributed by atoms with Gasteiger partial charge in [-0.2, -0.15) is 0 Å². The monoisotopic (exact) mass is 442 g/mol. The molecule has 0 aliphatic heterocycles. The van der Waals surface area contributed by atoms with Crippen LogP contribution in [-0.2, 0) is 18.4 Å². The van der Waals surface area contributed by atoms with Crippen LogP contribution in [0.1, 0.15) is 57.3 Å². The second-order valence-corrected chi connectivity index (χ2v) is 8.33. The minimum Gasteiger partial charge on any atom is -0.493 e. The number of ether oxygens (including phenoxy) is 2. The molecule has 0 radical (unpaired) electrons. The molecule has 1 saturated carbocycles. The van der Waals surface area contributed by atoms with Crippen molar-refractivity contribution >= 4 is 5.96 Å². The molecule has 1 aliphatic rings. The van der Waals surface area contributed by atoms with Crippen LogP contribution in [0.25, 0.3) is 0 Å². The van der Waals surface area contributed by atoms with Crippen molar-refractivity contribution in [2.45, 2.75) is 64.3 Å². The molecule has 8 heteroatoms. The average Bonchev–Trinajstić information content (AvgIpc) is 3.30. The van der Waals surface area contributed by atoms with Gasteiger partial charge in [0.05, 0.1) is 20.8 Å². The fraction of sp³-hybridized carbons (Fsp3) is 0.625. The van der Waals surface area contributed by atoms with Crippen LogP contribution in [-0.4, -0.2) is 54.6 Å². The number of nitrogens with zero attached hydrogens (tertiary/aromatic N) is 4. The predicted octanol–water partition coefficient (Wildman–Crippen LogP) is 3.31. The summed E-state index contributed by atoms with van der Waals surface area (Å²) in [4.78, 5) is 5.03. The molecular weight excluding hydrogens is 404 g/mol. The van der Waals surface area contributed by atoms with Gasteiger partial charge in [-0.3, -0.25) is 4.99 Å². The first-order chi connectivity index (χ1) is 15.7. The third-order valence-electron chi connectivity index (χ3n) is 6.35. The van der Waals surface area contributed by atoms with Gasteiger partial charge in [0.25, 0.3) is 0 Å². The molecule has 0 unspecified atom stereocenters. The molecule has 32 heavy (non-hydrogen) atoms. The summed E-state index contributed by atoms with van der Waals surface area (Å²) in [6.45, 7) is 7.32. The van der Waals surface area contributed by atoms with E-state index in [0.29, 0.717) is 0 Å². The first kappa shape index (κ1) is 23.9. The minimum absolute atomic E-state index is 0.0177. The highest BCUT2D eigenvalue weighted by Crippen LogP contribution is 2.42. The van der Waals surface area contributed by atoms with E-state index in [9.17, 15) is 0 Å².